The second-order valence-electron chi connectivity index (χ2n) is 6.18. The lowest BCUT2D eigenvalue weighted by Crippen LogP contribution is -2.37. The molecule has 0 aromatic carbocycles. The third-order valence-corrected chi connectivity index (χ3v) is 5.55. The second kappa shape index (κ2) is 4.79. The molecule has 2 nitrogen and oxygen atoms in total. The fourth-order valence-electron chi connectivity index (χ4n) is 4.29. The monoisotopic (exact) mass is 255 g/mol. The van der Waals surface area contributed by atoms with Crippen molar-refractivity contribution in [3.8, 4) is 0 Å². The lowest BCUT2D eigenvalue weighted by Gasteiger charge is -2.27. The van der Waals surface area contributed by atoms with Gasteiger partial charge in [-0.15, -0.1) is 11.6 Å². The summed E-state index contributed by atoms with van der Waals surface area (Å²) in [7, 11) is 0. The number of amides is 1. The van der Waals surface area contributed by atoms with E-state index in [0.29, 0.717) is 23.7 Å². The Morgan fingerprint density at radius 3 is 2.76 bits per heavy atom. The summed E-state index contributed by atoms with van der Waals surface area (Å²) in [5.41, 5.74) is 0. The summed E-state index contributed by atoms with van der Waals surface area (Å²) in [6.07, 6.45) is 8.55. The number of rotatable bonds is 3. The Kier molecular flexibility index (Phi) is 3.34. The molecular formula is C14H22ClNO. The Bertz CT molecular complexity index is 307. The molecule has 0 spiro atoms. The molecule has 4 unspecified atom stereocenters. The van der Waals surface area contributed by atoms with Gasteiger partial charge in [-0.05, 0) is 49.9 Å². The lowest BCUT2D eigenvalue weighted by atomic mass is 9.86. The average Bonchev–Trinajstić information content (AvgIpc) is 3.04. The molecule has 3 rings (SSSR count). The van der Waals surface area contributed by atoms with Crippen LogP contribution in [0, 0.1) is 17.8 Å². The van der Waals surface area contributed by atoms with Crippen LogP contribution in [0.1, 0.15) is 44.9 Å². The first-order chi connectivity index (χ1) is 8.28. The lowest BCUT2D eigenvalue weighted by molar-refractivity contribution is -0.133. The van der Waals surface area contributed by atoms with E-state index in [1.165, 1.54) is 25.7 Å². The molecule has 1 aliphatic heterocycles. The molecule has 2 saturated carbocycles. The number of hydrogen-bond donors (Lipinski definition) is 0. The minimum atomic E-state index is 0.322. The van der Waals surface area contributed by atoms with Crippen LogP contribution in [0.5, 0.6) is 0 Å². The zero-order chi connectivity index (χ0) is 11.8. The molecule has 3 heteroatoms. The van der Waals surface area contributed by atoms with Crippen molar-refractivity contribution >= 4 is 17.5 Å². The Hall–Kier alpha value is -0.240. The van der Waals surface area contributed by atoms with Crippen LogP contribution in [0.3, 0.4) is 0 Å². The molecule has 4 atom stereocenters. The van der Waals surface area contributed by atoms with Gasteiger partial charge in [-0.25, -0.2) is 0 Å². The van der Waals surface area contributed by atoms with Crippen molar-refractivity contribution in [3.63, 3.8) is 0 Å². The quantitative estimate of drug-likeness (QED) is 0.710. The number of nitrogens with zero attached hydrogens (tertiary/aromatic N) is 1. The Labute approximate surface area is 109 Å². The van der Waals surface area contributed by atoms with Crippen LogP contribution in [0.15, 0.2) is 0 Å². The van der Waals surface area contributed by atoms with Gasteiger partial charge in [-0.1, -0.05) is 6.42 Å². The van der Waals surface area contributed by atoms with E-state index in [1.807, 2.05) is 0 Å². The number of alkyl halides is 1. The summed E-state index contributed by atoms with van der Waals surface area (Å²) >= 11 is 5.93. The van der Waals surface area contributed by atoms with Gasteiger partial charge in [0.05, 0.1) is 0 Å². The highest BCUT2D eigenvalue weighted by atomic mass is 35.5. The maximum absolute atomic E-state index is 12.3. The molecule has 0 N–H and O–H groups in total. The molecule has 1 saturated heterocycles. The van der Waals surface area contributed by atoms with Crippen LogP contribution in [-0.4, -0.2) is 29.3 Å². The van der Waals surface area contributed by atoms with Crippen LogP contribution < -0.4 is 0 Å². The van der Waals surface area contributed by atoms with Crippen LogP contribution in [0.25, 0.3) is 0 Å². The second-order valence-corrected chi connectivity index (χ2v) is 6.49. The van der Waals surface area contributed by atoms with E-state index in [4.69, 9.17) is 11.6 Å². The molecule has 0 aromatic rings. The fourth-order valence-corrected chi connectivity index (χ4v) is 4.61. The maximum Gasteiger partial charge on any atom is 0.223 e. The van der Waals surface area contributed by atoms with Gasteiger partial charge >= 0.3 is 0 Å². The molecule has 0 radical (unpaired) electrons. The standard InChI is InChI=1S/C14H22ClNO/c15-9-13-2-1-5-16(13)14(17)8-12-7-10-3-4-11(12)6-10/h10-13H,1-9H2. The highest BCUT2D eigenvalue weighted by molar-refractivity contribution is 6.18. The average molecular weight is 256 g/mol. The summed E-state index contributed by atoms with van der Waals surface area (Å²) in [5, 5.41) is 0. The van der Waals surface area contributed by atoms with Gasteiger partial charge in [0.15, 0.2) is 0 Å². The highest BCUT2D eigenvalue weighted by Gasteiger charge is 2.41. The van der Waals surface area contributed by atoms with Crippen molar-refractivity contribution in [1.29, 1.82) is 0 Å². The van der Waals surface area contributed by atoms with Crippen molar-refractivity contribution in [3.05, 3.63) is 0 Å². The fraction of sp³-hybridized carbons (Fsp3) is 0.929. The van der Waals surface area contributed by atoms with Gasteiger partial charge in [0.25, 0.3) is 0 Å². The summed E-state index contributed by atoms with van der Waals surface area (Å²) in [6, 6.07) is 0.322. The first-order valence-electron chi connectivity index (χ1n) is 7.13. The van der Waals surface area contributed by atoms with Crippen LogP contribution in [-0.2, 0) is 4.79 Å². The molecule has 2 aliphatic carbocycles. The van der Waals surface area contributed by atoms with E-state index in [-0.39, 0.29) is 0 Å². The number of hydrogen-bond acceptors (Lipinski definition) is 1. The van der Waals surface area contributed by atoms with Crippen molar-refractivity contribution in [1.82, 2.24) is 4.90 Å². The highest BCUT2D eigenvalue weighted by Crippen LogP contribution is 2.49. The first kappa shape index (κ1) is 11.8. The largest absolute Gasteiger partial charge is 0.339 e. The summed E-state index contributed by atoms with van der Waals surface area (Å²) in [4.78, 5) is 14.4. The summed E-state index contributed by atoms with van der Waals surface area (Å²) in [6.45, 7) is 0.942. The topological polar surface area (TPSA) is 20.3 Å². The maximum atomic E-state index is 12.3. The third kappa shape index (κ3) is 2.21. The number of halogens is 1. The predicted octanol–water partition coefficient (Wildman–Crippen LogP) is 3.04. The molecule has 3 aliphatic rings. The Morgan fingerprint density at radius 1 is 1.24 bits per heavy atom. The molecular weight excluding hydrogens is 234 g/mol. The molecule has 0 aromatic heterocycles. The van der Waals surface area contributed by atoms with Crippen molar-refractivity contribution < 1.29 is 4.79 Å². The van der Waals surface area contributed by atoms with E-state index >= 15 is 0 Å². The van der Waals surface area contributed by atoms with E-state index < -0.39 is 0 Å². The Balaban J connectivity index is 1.56. The van der Waals surface area contributed by atoms with Gasteiger partial charge in [-0.2, -0.15) is 0 Å². The van der Waals surface area contributed by atoms with Gasteiger partial charge in [0.1, 0.15) is 0 Å². The zero-order valence-electron chi connectivity index (χ0n) is 10.4. The van der Waals surface area contributed by atoms with E-state index in [2.05, 4.69) is 4.90 Å². The minimum absolute atomic E-state index is 0.322. The minimum Gasteiger partial charge on any atom is -0.339 e. The SMILES string of the molecule is O=C(CC1CC2CCC1C2)N1CCCC1CCl. The van der Waals surface area contributed by atoms with Crippen molar-refractivity contribution in [2.24, 2.45) is 17.8 Å². The molecule has 3 fully saturated rings. The van der Waals surface area contributed by atoms with Gasteiger partial charge in [-0.3, -0.25) is 4.79 Å². The van der Waals surface area contributed by atoms with Crippen LogP contribution >= 0.6 is 11.6 Å². The van der Waals surface area contributed by atoms with Crippen LogP contribution in [0.2, 0.25) is 0 Å². The van der Waals surface area contributed by atoms with Gasteiger partial charge in [0.2, 0.25) is 5.91 Å². The summed E-state index contributed by atoms with van der Waals surface area (Å²) in [5.74, 6) is 3.49. The number of carbonyl (C=O) groups excluding carboxylic acids is 1. The van der Waals surface area contributed by atoms with Crippen molar-refractivity contribution in [2.45, 2.75) is 51.0 Å². The predicted molar refractivity (Wildman–Crippen MR) is 69.0 cm³/mol. The molecule has 1 heterocycles. The van der Waals surface area contributed by atoms with Gasteiger partial charge < -0.3 is 4.90 Å². The van der Waals surface area contributed by atoms with E-state index in [1.54, 1.807) is 0 Å². The normalized spacial score (nSPS) is 40.2. The molecule has 1 amide bonds. The number of carbonyl (C=O) groups is 1. The summed E-state index contributed by atoms with van der Waals surface area (Å²) < 4.78 is 0. The number of fused-ring (bicyclic) bond motifs is 2. The Morgan fingerprint density at radius 2 is 2.12 bits per heavy atom. The molecule has 2 bridgehead atoms. The van der Waals surface area contributed by atoms with Crippen LogP contribution in [0.4, 0.5) is 0 Å². The zero-order valence-corrected chi connectivity index (χ0v) is 11.2. The van der Waals surface area contributed by atoms with E-state index in [9.17, 15) is 4.79 Å². The van der Waals surface area contributed by atoms with E-state index in [0.717, 1.165) is 37.6 Å². The van der Waals surface area contributed by atoms with Crippen molar-refractivity contribution in [2.75, 3.05) is 12.4 Å². The third-order valence-electron chi connectivity index (χ3n) is 5.20. The number of likely N-dealkylation sites (tertiary alicyclic amines) is 1. The smallest absolute Gasteiger partial charge is 0.223 e. The van der Waals surface area contributed by atoms with Gasteiger partial charge in [0, 0.05) is 24.9 Å². The molecule has 17 heavy (non-hydrogen) atoms. The first-order valence-corrected chi connectivity index (χ1v) is 7.67. The molecule has 96 valence electrons.